The minimum absolute atomic E-state index is 0.380. The van der Waals surface area contributed by atoms with Gasteiger partial charge in [-0.3, -0.25) is 0 Å². The maximum Gasteiger partial charge on any atom is 0.165 e. The highest BCUT2D eigenvalue weighted by Crippen LogP contribution is 2.27. The number of nitrogens with zero attached hydrogens (tertiary/aromatic N) is 3. The van der Waals surface area contributed by atoms with Crippen LogP contribution in [0, 0.1) is 0 Å². The molecular weight excluding hydrogens is 289 g/mol. The van der Waals surface area contributed by atoms with E-state index in [1.54, 1.807) is 0 Å². The zero-order valence-electron chi connectivity index (χ0n) is 8.82. The lowest BCUT2D eigenvalue weighted by Gasteiger charge is -2.07. The molecule has 0 fully saturated rings. The molecule has 1 aromatic heterocycles. The second kappa shape index (κ2) is 4.97. The van der Waals surface area contributed by atoms with Crippen LogP contribution in [-0.4, -0.2) is 14.8 Å². The van der Waals surface area contributed by atoms with Gasteiger partial charge < -0.3 is 4.57 Å². The number of alkyl halides is 1. The zero-order valence-corrected chi connectivity index (χ0v) is 11.2. The summed E-state index contributed by atoms with van der Waals surface area (Å²) in [6.07, 6.45) is 0. The van der Waals surface area contributed by atoms with Gasteiger partial charge in [-0.2, -0.15) is 0 Å². The van der Waals surface area contributed by atoms with Gasteiger partial charge in [-0.1, -0.05) is 34.1 Å². The van der Waals surface area contributed by atoms with Crippen molar-refractivity contribution in [3.63, 3.8) is 0 Å². The highest BCUT2D eigenvalue weighted by atomic mass is 79.9. The molecule has 1 heterocycles. The summed E-state index contributed by atoms with van der Waals surface area (Å²) in [5.41, 5.74) is 1.04. The summed E-state index contributed by atoms with van der Waals surface area (Å²) in [4.78, 5) is 0. The molecular formula is C11H11BrClN3. The van der Waals surface area contributed by atoms with Gasteiger partial charge in [-0.25, -0.2) is 0 Å². The van der Waals surface area contributed by atoms with Gasteiger partial charge in [0.05, 0.1) is 5.88 Å². The van der Waals surface area contributed by atoms with Crippen molar-refractivity contribution in [2.45, 2.75) is 19.3 Å². The fourth-order valence-electron chi connectivity index (χ4n) is 1.61. The zero-order chi connectivity index (χ0) is 11.5. The van der Waals surface area contributed by atoms with Crippen LogP contribution in [0.5, 0.6) is 0 Å². The van der Waals surface area contributed by atoms with Crippen LogP contribution in [0.1, 0.15) is 12.7 Å². The van der Waals surface area contributed by atoms with Crippen molar-refractivity contribution in [2.24, 2.45) is 0 Å². The van der Waals surface area contributed by atoms with Crippen molar-refractivity contribution in [3.05, 3.63) is 34.6 Å². The largest absolute Gasteiger partial charge is 0.310 e. The molecule has 3 nitrogen and oxygen atoms in total. The average Bonchev–Trinajstić information content (AvgIpc) is 2.72. The number of hydrogen-bond donors (Lipinski definition) is 0. The van der Waals surface area contributed by atoms with Crippen LogP contribution in [-0.2, 0) is 12.4 Å². The molecule has 0 saturated carbocycles. The van der Waals surface area contributed by atoms with Gasteiger partial charge in [0.1, 0.15) is 5.82 Å². The van der Waals surface area contributed by atoms with Crippen LogP contribution in [0.4, 0.5) is 0 Å². The molecule has 0 aliphatic carbocycles. The normalized spacial score (nSPS) is 10.7. The van der Waals surface area contributed by atoms with Crippen LogP contribution in [0.3, 0.4) is 0 Å². The molecule has 5 heteroatoms. The van der Waals surface area contributed by atoms with E-state index >= 15 is 0 Å². The van der Waals surface area contributed by atoms with Crippen molar-refractivity contribution >= 4 is 27.5 Å². The van der Waals surface area contributed by atoms with E-state index in [-0.39, 0.29) is 0 Å². The summed E-state index contributed by atoms with van der Waals surface area (Å²) >= 11 is 9.33. The average molecular weight is 301 g/mol. The maximum absolute atomic E-state index is 5.82. The molecule has 0 amide bonds. The fourth-order valence-corrected chi connectivity index (χ4v) is 2.27. The monoisotopic (exact) mass is 299 g/mol. The molecule has 0 aliphatic heterocycles. The second-order valence-electron chi connectivity index (χ2n) is 3.30. The smallest absolute Gasteiger partial charge is 0.165 e. The fraction of sp³-hybridized carbons (Fsp3) is 0.273. The Morgan fingerprint density at radius 1 is 1.31 bits per heavy atom. The van der Waals surface area contributed by atoms with Crippen LogP contribution >= 0.6 is 27.5 Å². The van der Waals surface area contributed by atoms with Crippen molar-refractivity contribution in [1.82, 2.24) is 14.8 Å². The highest BCUT2D eigenvalue weighted by molar-refractivity contribution is 9.10. The molecule has 1 aromatic carbocycles. The summed E-state index contributed by atoms with van der Waals surface area (Å²) in [7, 11) is 0. The number of hydrogen-bond acceptors (Lipinski definition) is 2. The van der Waals surface area contributed by atoms with E-state index in [1.165, 1.54) is 0 Å². The van der Waals surface area contributed by atoms with E-state index in [0.717, 1.165) is 28.2 Å². The minimum atomic E-state index is 0.380. The molecule has 84 valence electrons. The lowest BCUT2D eigenvalue weighted by Crippen LogP contribution is -2.02. The first kappa shape index (κ1) is 11.6. The Balaban J connectivity index is 2.56. The predicted molar refractivity (Wildman–Crippen MR) is 68.4 cm³/mol. The number of aromatic nitrogens is 3. The molecule has 0 saturated heterocycles. The van der Waals surface area contributed by atoms with Gasteiger partial charge in [0, 0.05) is 16.6 Å². The number of halogens is 2. The predicted octanol–water partition coefficient (Wildman–Crippen LogP) is 3.47. The van der Waals surface area contributed by atoms with Crippen molar-refractivity contribution < 1.29 is 0 Å². The Morgan fingerprint density at radius 2 is 2.06 bits per heavy atom. The van der Waals surface area contributed by atoms with Gasteiger partial charge in [0.2, 0.25) is 0 Å². The SMILES string of the molecule is CCn1c(CCl)nnc1-c1ccccc1Br. The summed E-state index contributed by atoms with van der Waals surface area (Å²) in [5.74, 6) is 2.03. The van der Waals surface area contributed by atoms with E-state index in [2.05, 4.69) is 33.1 Å². The van der Waals surface area contributed by atoms with Crippen LogP contribution < -0.4 is 0 Å². The Labute approximate surface area is 108 Å². The van der Waals surface area contributed by atoms with Gasteiger partial charge >= 0.3 is 0 Å². The third-order valence-corrected chi connectivity index (χ3v) is 3.31. The topological polar surface area (TPSA) is 30.7 Å². The third-order valence-electron chi connectivity index (χ3n) is 2.38. The molecule has 0 radical (unpaired) electrons. The van der Waals surface area contributed by atoms with E-state index in [4.69, 9.17) is 11.6 Å². The first-order chi connectivity index (χ1) is 7.77. The number of benzene rings is 1. The molecule has 0 unspecified atom stereocenters. The molecule has 16 heavy (non-hydrogen) atoms. The quantitative estimate of drug-likeness (QED) is 0.813. The Bertz CT molecular complexity index is 496. The first-order valence-electron chi connectivity index (χ1n) is 5.00. The van der Waals surface area contributed by atoms with Gasteiger partial charge in [-0.05, 0) is 13.0 Å². The molecule has 0 aliphatic rings. The summed E-state index contributed by atoms with van der Waals surface area (Å²) in [5, 5.41) is 8.27. The Kier molecular flexibility index (Phi) is 3.61. The van der Waals surface area contributed by atoms with Crippen LogP contribution in [0.2, 0.25) is 0 Å². The van der Waals surface area contributed by atoms with E-state index < -0.39 is 0 Å². The second-order valence-corrected chi connectivity index (χ2v) is 4.42. The van der Waals surface area contributed by atoms with Gasteiger partial charge in [0.15, 0.2) is 5.82 Å². The van der Waals surface area contributed by atoms with Crippen molar-refractivity contribution in [1.29, 1.82) is 0 Å². The molecule has 0 N–H and O–H groups in total. The summed E-state index contributed by atoms with van der Waals surface area (Å²) < 4.78 is 3.03. The molecule has 2 rings (SSSR count). The molecule has 0 bridgehead atoms. The lowest BCUT2D eigenvalue weighted by atomic mass is 10.2. The third kappa shape index (κ3) is 1.99. The van der Waals surface area contributed by atoms with E-state index in [9.17, 15) is 0 Å². The molecule has 2 aromatic rings. The Morgan fingerprint density at radius 3 is 2.69 bits per heavy atom. The standard InChI is InChI=1S/C11H11BrClN3/c1-2-16-10(7-13)14-15-11(16)8-5-3-4-6-9(8)12/h3-6H,2,7H2,1H3. The van der Waals surface area contributed by atoms with Crippen molar-refractivity contribution in [3.8, 4) is 11.4 Å². The van der Waals surface area contributed by atoms with Crippen LogP contribution in [0.25, 0.3) is 11.4 Å². The maximum atomic E-state index is 5.82. The highest BCUT2D eigenvalue weighted by Gasteiger charge is 2.13. The summed E-state index contributed by atoms with van der Waals surface area (Å²) in [6.45, 7) is 2.87. The summed E-state index contributed by atoms with van der Waals surface area (Å²) in [6, 6.07) is 7.96. The van der Waals surface area contributed by atoms with Crippen molar-refractivity contribution in [2.75, 3.05) is 0 Å². The van der Waals surface area contributed by atoms with Gasteiger partial charge in [-0.15, -0.1) is 21.8 Å². The Hall–Kier alpha value is -0.870. The van der Waals surface area contributed by atoms with Gasteiger partial charge in [0.25, 0.3) is 0 Å². The van der Waals surface area contributed by atoms with E-state index in [1.807, 2.05) is 28.8 Å². The lowest BCUT2D eigenvalue weighted by molar-refractivity contribution is 0.731. The van der Waals surface area contributed by atoms with Crippen LogP contribution in [0.15, 0.2) is 28.7 Å². The molecule has 0 atom stereocenters. The minimum Gasteiger partial charge on any atom is -0.310 e. The number of rotatable bonds is 3. The molecule has 0 spiro atoms. The van der Waals surface area contributed by atoms with E-state index in [0.29, 0.717) is 5.88 Å². The first-order valence-corrected chi connectivity index (χ1v) is 6.33.